The van der Waals surface area contributed by atoms with Crippen molar-refractivity contribution < 1.29 is 5.21 Å². The van der Waals surface area contributed by atoms with E-state index in [2.05, 4.69) is 25.9 Å². The molecule has 0 aliphatic heterocycles. The van der Waals surface area contributed by atoms with E-state index in [1.165, 1.54) is 5.57 Å². The Kier molecular flexibility index (Phi) is 2.27. The summed E-state index contributed by atoms with van der Waals surface area (Å²) in [5.74, 6) is 0. The second-order valence-corrected chi connectivity index (χ2v) is 4.24. The summed E-state index contributed by atoms with van der Waals surface area (Å²) < 4.78 is 0. The molecule has 2 heteroatoms. The van der Waals surface area contributed by atoms with Crippen LogP contribution in [0.15, 0.2) is 16.3 Å². The van der Waals surface area contributed by atoms with Crippen LogP contribution in [0.25, 0.3) is 0 Å². The monoisotopic (exact) mass is 167 g/mol. The number of allylic oxidation sites excluding steroid dienone is 2. The molecule has 68 valence electrons. The first kappa shape index (κ1) is 9.30. The van der Waals surface area contributed by atoms with Crippen LogP contribution in [0.4, 0.5) is 0 Å². The molecule has 0 aromatic heterocycles. The lowest BCUT2D eigenvalue weighted by Gasteiger charge is -2.31. The molecule has 1 rings (SSSR count). The molecule has 0 saturated heterocycles. The van der Waals surface area contributed by atoms with E-state index in [4.69, 9.17) is 5.21 Å². The molecule has 1 N–H and O–H groups in total. The Balaban J connectivity index is 3.11. The van der Waals surface area contributed by atoms with Gasteiger partial charge in [0.2, 0.25) is 0 Å². The van der Waals surface area contributed by atoms with E-state index in [9.17, 15) is 0 Å². The number of oxime groups is 1. The van der Waals surface area contributed by atoms with Crippen LogP contribution >= 0.6 is 0 Å². The van der Waals surface area contributed by atoms with Crippen molar-refractivity contribution in [1.82, 2.24) is 0 Å². The molecular weight excluding hydrogens is 150 g/mol. The zero-order chi connectivity index (χ0) is 9.35. The first-order valence-electron chi connectivity index (χ1n) is 4.38. The molecule has 0 saturated carbocycles. The fourth-order valence-corrected chi connectivity index (χ4v) is 1.73. The average molecular weight is 167 g/mol. The van der Waals surface area contributed by atoms with E-state index in [1.54, 1.807) is 0 Å². The van der Waals surface area contributed by atoms with Gasteiger partial charge in [-0.15, -0.1) is 0 Å². The number of nitrogens with zero attached hydrogens (tertiary/aromatic N) is 1. The highest BCUT2D eigenvalue weighted by atomic mass is 16.4. The number of hydrogen-bond acceptors (Lipinski definition) is 2. The van der Waals surface area contributed by atoms with Crippen molar-refractivity contribution in [2.45, 2.75) is 40.5 Å². The van der Waals surface area contributed by atoms with Gasteiger partial charge in [-0.3, -0.25) is 0 Å². The van der Waals surface area contributed by atoms with Crippen molar-refractivity contribution in [3.05, 3.63) is 11.1 Å². The Morgan fingerprint density at radius 1 is 1.33 bits per heavy atom. The van der Waals surface area contributed by atoms with Crippen LogP contribution in [-0.2, 0) is 0 Å². The third-order valence-electron chi connectivity index (χ3n) is 2.86. The smallest absolute Gasteiger partial charge is 0.0880 e. The van der Waals surface area contributed by atoms with Crippen LogP contribution in [0, 0.1) is 5.41 Å². The minimum absolute atomic E-state index is 0.0400. The van der Waals surface area contributed by atoms with Crippen LogP contribution in [0.3, 0.4) is 0 Å². The summed E-state index contributed by atoms with van der Waals surface area (Å²) in [6.45, 7) is 8.39. The largest absolute Gasteiger partial charge is 0.411 e. The van der Waals surface area contributed by atoms with Crippen molar-refractivity contribution in [1.29, 1.82) is 0 Å². The van der Waals surface area contributed by atoms with E-state index in [0.717, 1.165) is 24.1 Å². The lowest BCUT2D eigenvalue weighted by Crippen LogP contribution is -2.29. The fourth-order valence-electron chi connectivity index (χ4n) is 1.73. The van der Waals surface area contributed by atoms with E-state index >= 15 is 0 Å². The minimum atomic E-state index is 0.0400. The van der Waals surface area contributed by atoms with Gasteiger partial charge in [-0.25, -0.2) is 0 Å². The first-order valence-corrected chi connectivity index (χ1v) is 4.38. The van der Waals surface area contributed by atoms with E-state index in [0.29, 0.717) is 0 Å². The molecule has 0 fully saturated rings. The molecule has 0 aromatic rings. The summed E-state index contributed by atoms with van der Waals surface area (Å²) in [5.41, 5.74) is 3.40. The third-order valence-corrected chi connectivity index (χ3v) is 2.86. The Morgan fingerprint density at radius 3 is 2.33 bits per heavy atom. The summed E-state index contributed by atoms with van der Waals surface area (Å²) >= 11 is 0. The number of hydrogen-bond donors (Lipinski definition) is 1. The van der Waals surface area contributed by atoms with Crippen molar-refractivity contribution >= 4 is 5.71 Å². The predicted molar refractivity (Wildman–Crippen MR) is 50.6 cm³/mol. The van der Waals surface area contributed by atoms with Gasteiger partial charge >= 0.3 is 0 Å². The lowest BCUT2D eigenvalue weighted by molar-refractivity contribution is 0.305. The Bertz CT molecular complexity index is 249. The molecule has 0 spiro atoms. The highest BCUT2D eigenvalue weighted by molar-refractivity contribution is 6.04. The van der Waals surface area contributed by atoms with Crippen molar-refractivity contribution in [3.8, 4) is 0 Å². The van der Waals surface area contributed by atoms with Gasteiger partial charge in [0, 0.05) is 5.41 Å². The molecule has 0 unspecified atom stereocenters. The van der Waals surface area contributed by atoms with Gasteiger partial charge in [-0.2, -0.15) is 0 Å². The minimum Gasteiger partial charge on any atom is -0.411 e. The van der Waals surface area contributed by atoms with Crippen molar-refractivity contribution in [2.75, 3.05) is 0 Å². The van der Waals surface area contributed by atoms with Gasteiger partial charge in [0.15, 0.2) is 0 Å². The molecule has 0 radical (unpaired) electrons. The summed E-state index contributed by atoms with van der Waals surface area (Å²) in [5, 5.41) is 12.3. The average Bonchev–Trinajstić information content (AvgIpc) is 1.99. The molecule has 1 aliphatic carbocycles. The SMILES string of the molecule is CC1=C(C)/C(=N/O)C(C)(C)CC1. The molecule has 0 amide bonds. The molecule has 1 aliphatic rings. The van der Waals surface area contributed by atoms with Crippen LogP contribution in [0.2, 0.25) is 0 Å². The van der Waals surface area contributed by atoms with Crippen LogP contribution < -0.4 is 0 Å². The normalized spacial score (nSPS) is 26.5. The quantitative estimate of drug-likeness (QED) is 0.436. The second kappa shape index (κ2) is 2.92. The predicted octanol–water partition coefficient (Wildman–Crippen LogP) is 2.97. The molecule has 0 atom stereocenters. The third kappa shape index (κ3) is 1.38. The maximum absolute atomic E-state index is 8.87. The van der Waals surface area contributed by atoms with Gasteiger partial charge < -0.3 is 5.21 Å². The molecule has 12 heavy (non-hydrogen) atoms. The van der Waals surface area contributed by atoms with Crippen LogP contribution in [-0.4, -0.2) is 10.9 Å². The molecular formula is C10H17NO. The molecule has 0 heterocycles. The first-order chi connectivity index (χ1) is 5.49. The lowest BCUT2D eigenvalue weighted by atomic mass is 9.73. The van der Waals surface area contributed by atoms with Crippen LogP contribution in [0.5, 0.6) is 0 Å². The Morgan fingerprint density at radius 2 is 1.92 bits per heavy atom. The standard InChI is InChI=1S/C10H17NO/c1-7-5-6-10(3,4)9(11-12)8(7)2/h12H,5-6H2,1-4H3/b11-9-. The van der Waals surface area contributed by atoms with Crippen molar-refractivity contribution in [2.24, 2.45) is 10.6 Å². The molecule has 0 aromatic carbocycles. The van der Waals surface area contributed by atoms with Crippen LogP contribution in [0.1, 0.15) is 40.5 Å². The topological polar surface area (TPSA) is 32.6 Å². The van der Waals surface area contributed by atoms with Crippen molar-refractivity contribution in [3.63, 3.8) is 0 Å². The second-order valence-electron chi connectivity index (χ2n) is 4.24. The van der Waals surface area contributed by atoms with Gasteiger partial charge in [0.1, 0.15) is 0 Å². The van der Waals surface area contributed by atoms with Gasteiger partial charge in [-0.1, -0.05) is 24.6 Å². The zero-order valence-electron chi connectivity index (χ0n) is 8.31. The fraction of sp³-hybridized carbons (Fsp3) is 0.700. The zero-order valence-corrected chi connectivity index (χ0v) is 8.31. The summed E-state index contributed by atoms with van der Waals surface area (Å²) in [7, 11) is 0. The molecule has 2 nitrogen and oxygen atoms in total. The maximum atomic E-state index is 8.87. The summed E-state index contributed by atoms with van der Waals surface area (Å²) in [6.07, 6.45) is 2.20. The molecule has 0 bridgehead atoms. The highest BCUT2D eigenvalue weighted by Crippen LogP contribution is 2.35. The van der Waals surface area contributed by atoms with E-state index in [1.807, 2.05) is 6.92 Å². The van der Waals surface area contributed by atoms with Gasteiger partial charge in [0.05, 0.1) is 5.71 Å². The maximum Gasteiger partial charge on any atom is 0.0880 e. The Hall–Kier alpha value is -0.790. The highest BCUT2D eigenvalue weighted by Gasteiger charge is 2.31. The summed E-state index contributed by atoms with van der Waals surface area (Å²) in [6, 6.07) is 0. The van der Waals surface area contributed by atoms with E-state index in [-0.39, 0.29) is 5.41 Å². The van der Waals surface area contributed by atoms with E-state index < -0.39 is 0 Å². The Labute approximate surface area is 74.0 Å². The van der Waals surface area contributed by atoms with Gasteiger partial charge in [-0.05, 0) is 32.3 Å². The van der Waals surface area contributed by atoms with Gasteiger partial charge in [0.25, 0.3) is 0 Å². The number of rotatable bonds is 0. The summed E-state index contributed by atoms with van der Waals surface area (Å²) in [4.78, 5) is 0.